The first-order valence-electron chi connectivity index (χ1n) is 8.08. The van der Waals surface area contributed by atoms with Crippen molar-refractivity contribution in [3.05, 3.63) is 46.3 Å². The smallest absolute Gasteiger partial charge is 0.268 e. The number of hydrogen-bond acceptors (Lipinski definition) is 5. The Morgan fingerprint density at radius 2 is 2.12 bits per heavy atom. The molecule has 0 saturated heterocycles. The summed E-state index contributed by atoms with van der Waals surface area (Å²) in [6.45, 7) is 0. The normalized spacial score (nSPS) is 21.3. The third kappa shape index (κ3) is 4.66. The maximum Gasteiger partial charge on any atom is 0.268 e. The SMILES string of the molecule is NC1CCS(CCC(O)c2cnc(-c3ccc(Cl)cc3Cl)cn2)=NC1=O. The van der Waals surface area contributed by atoms with E-state index in [0.717, 1.165) is 11.3 Å². The van der Waals surface area contributed by atoms with E-state index in [0.29, 0.717) is 40.0 Å². The van der Waals surface area contributed by atoms with E-state index >= 15 is 0 Å². The fourth-order valence-corrected chi connectivity index (χ4v) is 4.82. The van der Waals surface area contributed by atoms with Crippen LogP contribution in [-0.4, -0.2) is 38.5 Å². The Labute approximate surface area is 163 Å². The molecule has 3 N–H and O–H groups in total. The van der Waals surface area contributed by atoms with E-state index in [2.05, 4.69) is 14.3 Å². The topological polar surface area (TPSA) is 101 Å². The highest BCUT2D eigenvalue weighted by Crippen LogP contribution is 2.29. The molecule has 9 heteroatoms. The number of halogens is 2. The van der Waals surface area contributed by atoms with Crippen molar-refractivity contribution < 1.29 is 9.90 Å². The number of amides is 1. The zero-order valence-corrected chi connectivity index (χ0v) is 16.1. The lowest BCUT2D eigenvalue weighted by atomic mass is 10.1. The van der Waals surface area contributed by atoms with Crippen LogP contribution in [0.25, 0.3) is 11.3 Å². The van der Waals surface area contributed by atoms with Crippen LogP contribution in [0.2, 0.25) is 10.0 Å². The number of rotatable bonds is 5. The molecule has 1 aliphatic heterocycles. The Kier molecular flexibility index (Phi) is 6.37. The van der Waals surface area contributed by atoms with Crippen LogP contribution >= 0.6 is 23.2 Å². The lowest BCUT2D eigenvalue weighted by Gasteiger charge is -2.18. The van der Waals surface area contributed by atoms with E-state index in [1.165, 1.54) is 6.20 Å². The Balaban J connectivity index is 1.64. The first kappa shape index (κ1) is 19.4. The van der Waals surface area contributed by atoms with Gasteiger partial charge in [0.05, 0.1) is 40.9 Å². The van der Waals surface area contributed by atoms with Gasteiger partial charge in [-0.25, -0.2) is 0 Å². The highest BCUT2D eigenvalue weighted by Gasteiger charge is 2.20. The van der Waals surface area contributed by atoms with Crippen LogP contribution in [0.5, 0.6) is 0 Å². The molecule has 0 saturated carbocycles. The summed E-state index contributed by atoms with van der Waals surface area (Å²) in [6, 6.07) is 4.68. The minimum absolute atomic E-state index is 0.238. The van der Waals surface area contributed by atoms with Crippen LogP contribution in [0.15, 0.2) is 35.0 Å². The number of aliphatic hydroxyl groups is 1. The average molecular weight is 413 g/mol. The van der Waals surface area contributed by atoms with Crippen molar-refractivity contribution in [2.45, 2.75) is 25.0 Å². The fourth-order valence-electron chi connectivity index (χ4n) is 2.52. The maximum atomic E-state index is 11.6. The van der Waals surface area contributed by atoms with Gasteiger partial charge < -0.3 is 10.8 Å². The number of nitrogens with two attached hydrogens (primary N) is 1. The van der Waals surface area contributed by atoms with Crippen molar-refractivity contribution in [1.82, 2.24) is 9.97 Å². The molecule has 0 bridgehead atoms. The van der Waals surface area contributed by atoms with Crippen molar-refractivity contribution in [3.8, 4) is 11.3 Å². The van der Waals surface area contributed by atoms with Gasteiger partial charge in [-0.1, -0.05) is 33.9 Å². The number of benzene rings is 1. The molecule has 2 aromatic rings. The Bertz CT molecular complexity index is 845. The summed E-state index contributed by atoms with van der Waals surface area (Å²) in [5.74, 6) is 1.18. The third-order valence-corrected chi connectivity index (χ3v) is 6.45. The Morgan fingerprint density at radius 1 is 1.31 bits per heavy atom. The van der Waals surface area contributed by atoms with E-state index in [9.17, 15) is 9.90 Å². The van der Waals surface area contributed by atoms with Gasteiger partial charge >= 0.3 is 0 Å². The number of hydrogen-bond donors (Lipinski definition) is 2. The minimum atomic E-state index is -0.759. The number of carbonyl (C=O) groups excluding carboxylic acids is 1. The first-order valence-corrected chi connectivity index (χ1v) is 10.4. The molecule has 0 spiro atoms. The highest BCUT2D eigenvalue weighted by molar-refractivity contribution is 7.87. The molecule has 6 nitrogen and oxygen atoms in total. The maximum absolute atomic E-state index is 11.6. The van der Waals surface area contributed by atoms with Gasteiger partial charge in [-0.15, -0.1) is 0 Å². The Hall–Kier alpha value is -1.38. The van der Waals surface area contributed by atoms with Crippen LogP contribution in [0.4, 0.5) is 0 Å². The quantitative estimate of drug-likeness (QED) is 0.785. The number of nitrogens with zero attached hydrogens (tertiary/aromatic N) is 3. The molecule has 0 fully saturated rings. The molecule has 1 aromatic heterocycles. The second kappa shape index (κ2) is 8.54. The fraction of sp³-hybridized carbons (Fsp3) is 0.353. The molecule has 3 atom stereocenters. The zero-order valence-electron chi connectivity index (χ0n) is 13.8. The van der Waals surface area contributed by atoms with E-state index in [1.54, 1.807) is 24.4 Å². The molecule has 2 heterocycles. The third-order valence-electron chi connectivity index (χ3n) is 4.05. The molecule has 0 radical (unpaired) electrons. The highest BCUT2D eigenvalue weighted by atomic mass is 35.5. The molecule has 26 heavy (non-hydrogen) atoms. The predicted molar refractivity (Wildman–Crippen MR) is 104 cm³/mol. The van der Waals surface area contributed by atoms with Gasteiger partial charge in [-0.3, -0.25) is 14.8 Å². The van der Waals surface area contributed by atoms with E-state index in [4.69, 9.17) is 28.9 Å². The van der Waals surface area contributed by atoms with E-state index in [1.807, 2.05) is 0 Å². The summed E-state index contributed by atoms with van der Waals surface area (Å²) in [5.41, 5.74) is 7.45. The van der Waals surface area contributed by atoms with Crippen molar-refractivity contribution in [3.63, 3.8) is 0 Å². The lowest BCUT2D eigenvalue weighted by molar-refractivity contribution is -0.119. The van der Waals surface area contributed by atoms with Gasteiger partial charge in [-0.2, -0.15) is 4.36 Å². The van der Waals surface area contributed by atoms with E-state index in [-0.39, 0.29) is 16.6 Å². The van der Waals surface area contributed by atoms with Crippen LogP contribution in [-0.2, 0) is 15.5 Å². The van der Waals surface area contributed by atoms with E-state index < -0.39 is 12.1 Å². The number of aromatic nitrogens is 2. The molecule has 1 aromatic carbocycles. The first-order chi connectivity index (χ1) is 12.4. The summed E-state index contributed by atoms with van der Waals surface area (Å²) in [7, 11) is -0.372. The molecule has 138 valence electrons. The molecular weight excluding hydrogens is 395 g/mol. The van der Waals surface area contributed by atoms with Crippen LogP contribution in [0.1, 0.15) is 24.6 Å². The van der Waals surface area contributed by atoms with Crippen molar-refractivity contribution in [2.24, 2.45) is 10.1 Å². The lowest BCUT2D eigenvalue weighted by Crippen LogP contribution is -2.35. The van der Waals surface area contributed by atoms with Gasteiger partial charge in [0.2, 0.25) is 0 Å². The second-order valence-electron chi connectivity index (χ2n) is 5.95. The summed E-state index contributed by atoms with van der Waals surface area (Å²) in [4.78, 5) is 20.2. The average Bonchev–Trinajstić information content (AvgIpc) is 2.63. The second-order valence-corrected chi connectivity index (χ2v) is 8.72. The van der Waals surface area contributed by atoms with Crippen LogP contribution in [0, 0.1) is 0 Å². The van der Waals surface area contributed by atoms with Gasteiger partial charge in [0.1, 0.15) is 0 Å². The van der Waals surface area contributed by atoms with Crippen molar-refractivity contribution in [2.75, 3.05) is 11.5 Å². The largest absolute Gasteiger partial charge is 0.387 e. The zero-order chi connectivity index (χ0) is 18.7. The van der Waals surface area contributed by atoms with Gasteiger partial charge in [0.25, 0.3) is 5.91 Å². The summed E-state index contributed by atoms with van der Waals surface area (Å²) < 4.78 is 4.09. The minimum Gasteiger partial charge on any atom is -0.387 e. The summed E-state index contributed by atoms with van der Waals surface area (Å²) >= 11 is 12.1. The van der Waals surface area contributed by atoms with Crippen molar-refractivity contribution in [1.29, 1.82) is 0 Å². The molecule has 1 amide bonds. The van der Waals surface area contributed by atoms with Gasteiger partial charge in [-0.05, 0) is 31.0 Å². The van der Waals surface area contributed by atoms with Crippen LogP contribution < -0.4 is 5.73 Å². The molecule has 0 aliphatic carbocycles. The molecule has 1 aliphatic rings. The molecule has 3 rings (SSSR count). The monoisotopic (exact) mass is 412 g/mol. The van der Waals surface area contributed by atoms with Crippen molar-refractivity contribution >= 4 is 39.8 Å². The van der Waals surface area contributed by atoms with Gasteiger partial charge in [0.15, 0.2) is 0 Å². The summed E-state index contributed by atoms with van der Waals surface area (Å²) in [5, 5.41) is 11.4. The van der Waals surface area contributed by atoms with Crippen LogP contribution in [0.3, 0.4) is 0 Å². The Morgan fingerprint density at radius 3 is 2.77 bits per heavy atom. The van der Waals surface area contributed by atoms with Gasteiger partial charge in [0, 0.05) is 22.1 Å². The number of carbonyl (C=O) groups is 1. The summed E-state index contributed by atoms with van der Waals surface area (Å²) in [6.07, 6.45) is 3.46. The standard InChI is InChI=1S/C17H18Cl2N4O2S/c18-10-1-2-11(12(19)7-10)14-8-22-15(9-21-14)16(24)4-6-26-5-3-13(20)17(25)23-26/h1-2,7-9,13,16,24H,3-6,20H2. The predicted octanol–water partition coefficient (Wildman–Crippen LogP) is 2.93. The molecular formula is C17H18Cl2N4O2S. The molecule has 3 unspecified atom stereocenters. The number of aliphatic hydroxyl groups excluding tert-OH is 1.